The Kier molecular flexibility index (Phi) is 4.40. The predicted molar refractivity (Wildman–Crippen MR) is 67.5 cm³/mol. The van der Waals surface area contributed by atoms with Crippen molar-refractivity contribution in [2.45, 2.75) is 13.0 Å². The molecule has 0 bridgehead atoms. The Morgan fingerprint density at radius 2 is 1.80 bits per heavy atom. The van der Waals surface area contributed by atoms with Crippen LogP contribution in [-0.2, 0) is 6.61 Å². The molecule has 2 rings (SSSR count). The minimum absolute atomic E-state index is 0.0836. The largest absolute Gasteiger partial charge is 0.486 e. The molecular formula is C15H11F3O2. The number of carbonyl (C=O) groups is 1. The lowest BCUT2D eigenvalue weighted by molar-refractivity contribution is 0.0678. The van der Waals surface area contributed by atoms with E-state index in [9.17, 15) is 18.0 Å². The van der Waals surface area contributed by atoms with Gasteiger partial charge in [-0.25, -0.2) is 13.2 Å². The van der Waals surface area contributed by atoms with Crippen molar-refractivity contribution in [3.63, 3.8) is 0 Å². The van der Waals surface area contributed by atoms with Crippen LogP contribution < -0.4 is 4.74 Å². The van der Waals surface area contributed by atoms with Crippen LogP contribution in [0.4, 0.5) is 13.2 Å². The first-order valence-corrected chi connectivity index (χ1v) is 5.86. The van der Waals surface area contributed by atoms with Gasteiger partial charge in [-0.2, -0.15) is 0 Å². The number of halogens is 3. The number of rotatable bonds is 5. The fourth-order valence-electron chi connectivity index (χ4n) is 1.63. The number of ether oxygens (including phenoxy) is 1. The highest BCUT2D eigenvalue weighted by molar-refractivity contribution is 5.98. The number of carbonyl (C=O) groups excluding carboxylic acids is 1. The van der Waals surface area contributed by atoms with Gasteiger partial charge in [0.05, 0.1) is 0 Å². The van der Waals surface area contributed by atoms with Gasteiger partial charge in [0, 0.05) is 5.56 Å². The topological polar surface area (TPSA) is 26.3 Å². The maximum Gasteiger partial charge on any atom is 0.300 e. The quantitative estimate of drug-likeness (QED) is 0.777. The van der Waals surface area contributed by atoms with Crippen molar-refractivity contribution in [1.82, 2.24) is 0 Å². The van der Waals surface area contributed by atoms with Crippen LogP contribution in [0, 0.1) is 5.82 Å². The number of ketones is 1. The third-order valence-electron chi connectivity index (χ3n) is 2.65. The number of hydrogen-bond donors (Lipinski definition) is 0. The summed E-state index contributed by atoms with van der Waals surface area (Å²) in [5, 5.41) is 0. The molecule has 0 saturated heterocycles. The summed E-state index contributed by atoms with van der Waals surface area (Å²) < 4.78 is 43.3. The van der Waals surface area contributed by atoms with Crippen molar-refractivity contribution in [1.29, 1.82) is 0 Å². The molecule has 0 aliphatic rings. The Morgan fingerprint density at radius 3 is 2.40 bits per heavy atom. The second-order valence-electron chi connectivity index (χ2n) is 4.08. The molecule has 2 aromatic rings. The molecule has 0 N–H and O–H groups in total. The van der Waals surface area contributed by atoms with E-state index >= 15 is 0 Å². The lowest BCUT2D eigenvalue weighted by Crippen LogP contribution is -2.10. The summed E-state index contributed by atoms with van der Waals surface area (Å²) in [7, 11) is 0. The van der Waals surface area contributed by atoms with Crippen molar-refractivity contribution < 1.29 is 22.7 Å². The van der Waals surface area contributed by atoms with Gasteiger partial charge in [0.1, 0.15) is 6.61 Å². The molecule has 0 atom stereocenters. The number of benzene rings is 2. The summed E-state index contributed by atoms with van der Waals surface area (Å²) in [6.45, 7) is 0.153. The minimum Gasteiger partial charge on any atom is -0.486 e. The Labute approximate surface area is 113 Å². The van der Waals surface area contributed by atoms with E-state index in [0.29, 0.717) is 0 Å². The smallest absolute Gasteiger partial charge is 0.300 e. The Balaban J connectivity index is 2.08. The van der Waals surface area contributed by atoms with Crippen LogP contribution in [0.15, 0.2) is 48.5 Å². The maximum absolute atomic E-state index is 13.7. The molecule has 0 aromatic heterocycles. The van der Waals surface area contributed by atoms with Crippen LogP contribution in [0.25, 0.3) is 0 Å². The summed E-state index contributed by atoms with van der Waals surface area (Å²) in [4.78, 5) is 11.0. The molecular weight excluding hydrogens is 269 g/mol. The average Bonchev–Trinajstić information content (AvgIpc) is 2.46. The lowest BCUT2D eigenvalue weighted by Gasteiger charge is -2.08. The lowest BCUT2D eigenvalue weighted by atomic mass is 10.1. The van der Waals surface area contributed by atoms with Crippen molar-refractivity contribution in [2.75, 3.05) is 0 Å². The van der Waals surface area contributed by atoms with Gasteiger partial charge in [-0.1, -0.05) is 30.3 Å². The van der Waals surface area contributed by atoms with Crippen LogP contribution in [0.5, 0.6) is 5.75 Å². The second kappa shape index (κ2) is 6.23. The monoisotopic (exact) mass is 280 g/mol. The first-order valence-electron chi connectivity index (χ1n) is 5.86. The molecule has 2 nitrogen and oxygen atoms in total. The Hall–Kier alpha value is -2.30. The molecule has 0 saturated carbocycles. The minimum atomic E-state index is -3.15. The van der Waals surface area contributed by atoms with E-state index in [4.69, 9.17) is 4.74 Å². The molecule has 0 unspecified atom stereocenters. The second-order valence-corrected chi connectivity index (χ2v) is 4.08. The Morgan fingerprint density at radius 1 is 1.10 bits per heavy atom. The summed E-state index contributed by atoms with van der Waals surface area (Å²) in [6, 6.07) is 12.2. The van der Waals surface area contributed by atoms with Crippen molar-refractivity contribution in [3.05, 3.63) is 65.5 Å². The molecule has 2 aromatic carbocycles. The summed E-state index contributed by atoms with van der Waals surface area (Å²) in [5.41, 5.74) is 0.476. The number of Topliss-reactive ketones (excluding diaryl/α,β-unsaturated/α-hetero) is 1. The van der Waals surface area contributed by atoms with Crippen molar-refractivity contribution >= 4 is 5.78 Å². The van der Waals surface area contributed by atoms with Crippen molar-refractivity contribution in [2.24, 2.45) is 0 Å². The third-order valence-corrected chi connectivity index (χ3v) is 2.65. The number of hydrogen-bond acceptors (Lipinski definition) is 2. The van der Waals surface area contributed by atoms with Gasteiger partial charge >= 0.3 is 6.43 Å². The molecule has 0 aliphatic carbocycles. The zero-order valence-corrected chi connectivity index (χ0v) is 10.4. The molecule has 20 heavy (non-hydrogen) atoms. The molecule has 0 amide bonds. The highest BCUT2D eigenvalue weighted by Crippen LogP contribution is 2.21. The fraction of sp³-hybridized carbons (Fsp3) is 0.133. The number of alkyl halides is 2. The first kappa shape index (κ1) is 14.1. The van der Waals surface area contributed by atoms with Gasteiger partial charge in [-0.15, -0.1) is 0 Å². The summed E-state index contributed by atoms with van der Waals surface area (Å²) >= 11 is 0. The molecule has 0 radical (unpaired) electrons. The predicted octanol–water partition coefficient (Wildman–Crippen LogP) is 3.85. The van der Waals surface area contributed by atoms with Gasteiger partial charge in [-0.3, -0.25) is 4.79 Å². The van der Waals surface area contributed by atoms with E-state index < -0.39 is 18.0 Å². The first-order chi connectivity index (χ1) is 9.58. The molecule has 0 spiro atoms. The fourth-order valence-corrected chi connectivity index (χ4v) is 1.63. The van der Waals surface area contributed by atoms with E-state index in [1.54, 1.807) is 0 Å². The molecule has 0 aliphatic heterocycles. The van der Waals surface area contributed by atoms with Gasteiger partial charge in [0.25, 0.3) is 0 Å². The summed E-state index contributed by atoms with van der Waals surface area (Å²) in [6.07, 6.45) is -3.15. The van der Waals surface area contributed by atoms with Gasteiger partial charge in [-0.05, 0) is 23.8 Å². The highest BCUT2D eigenvalue weighted by atomic mass is 19.3. The van der Waals surface area contributed by atoms with E-state index in [-0.39, 0.29) is 17.9 Å². The van der Waals surface area contributed by atoms with E-state index in [0.717, 1.165) is 17.7 Å². The summed E-state index contributed by atoms with van der Waals surface area (Å²) in [5.74, 6) is -2.33. The molecule has 104 valence electrons. The van der Waals surface area contributed by atoms with Crippen LogP contribution >= 0.6 is 0 Å². The van der Waals surface area contributed by atoms with E-state index in [1.165, 1.54) is 6.07 Å². The van der Waals surface area contributed by atoms with Crippen LogP contribution in [0.3, 0.4) is 0 Å². The van der Waals surface area contributed by atoms with Crippen LogP contribution in [-0.4, -0.2) is 12.2 Å². The Bertz CT molecular complexity index is 597. The van der Waals surface area contributed by atoms with Gasteiger partial charge in [0.2, 0.25) is 5.78 Å². The molecule has 0 heterocycles. The SMILES string of the molecule is O=C(c1ccc(OCc2ccccc2)c(F)c1)C(F)F. The third kappa shape index (κ3) is 3.38. The normalized spacial score (nSPS) is 10.6. The zero-order chi connectivity index (χ0) is 14.5. The van der Waals surface area contributed by atoms with Gasteiger partial charge < -0.3 is 4.74 Å². The zero-order valence-electron chi connectivity index (χ0n) is 10.4. The van der Waals surface area contributed by atoms with Gasteiger partial charge in [0.15, 0.2) is 11.6 Å². The van der Waals surface area contributed by atoms with Crippen LogP contribution in [0.2, 0.25) is 0 Å². The van der Waals surface area contributed by atoms with Crippen molar-refractivity contribution in [3.8, 4) is 5.75 Å². The highest BCUT2D eigenvalue weighted by Gasteiger charge is 2.19. The standard InChI is InChI=1S/C15H11F3O2/c16-12-8-11(14(19)15(17)18)6-7-13(12)20-9-10-4-2-1-3-5-10/h1-8,15H,9H2. The van der Waals surface area contributed by atoms with E-state index in [1.807, 2.05) is 30.3 Å². The van der Waals surface area contributed by atoms with Crippen LogP contribution in [0.1, 0.15) is 15.9 Å². The molecule has 5 heteroatoms. The average molecular weight is 280 g/mol. The van der Waals surface area contributed by atoms with E-state index in [2.05, 4.69) is 0 Å². The molecule has 0 fully saturated rings. The maximum atomic E-state index is 13.7.